The van der Waals surface area contributed by atoms with Crippen molar-refractivity contribution < 1.29 is 9.47 Å². The summed E-state index contributed by atoms with van der Waals surface area (Å²) < 4.78 is 11.7. The summed E-state index contributed by atoms with van der Waals surface area (Å²) in [6, 6.07) is 27.7. The van der Waals surface area contributed by atoms with Crippen LogP contribution in [0.1, 0.15) is 18.1 Å². The number of hydrogen-bond acceptors (Lipinski definition) is 3. The summed E-state index contributed by atoms with van der Waals surface area (Å²) in [5.74, 6) is 1.61. The molecule has 0 bridgehead atoms. The van der Waals surface area contributed by atoms with E-state index >= 15 is 0 Å². The molecular formula is C26H22ClNO2. The van der Waals surface area contributed by atoms with Crippen LogP contribution in [0.2, 0.25) is 5.02 Å². The van der Waals surface area contributed by atoms with E-state index < -0.39 is 0 Å². The zero-order chi connectivity index (χ0) is 20.8. The predicted molar refractivity (Wildman–Crippen MR) is 125 cm³/mol. The van der Waals surface area contributed by atoms with Crippen molar-refractivity contribution in [2.24, 2.45) is 4.99 Å². The highest BCUT2D eigenvalue weighted by molar-refractivity contribution is 6.31. The molecule has 0 aliphatic heterocycles. The summed E-state index contributed by atoms with van der Waals surface area (Å²) in [5, 5.41) is 2.92. The van der Waals surface area contributed by atoms with Crippen molar-refractivity contribution in [2.45, 2.75) is 13.5 Å². The van der Waals surface area contributed by atoms with Gasteiger partial charge in [0, 0.05) is 22.4 Å². The van der Waals surface area contributed by atoms with Gasteiger partial charge in [-0.15, -0.1) is 0 Å². The Bertz CT molecular complexity index is 1170. The topological polar surface area (TPSA) is 30.8 Å². The van der Waals surface area contributed by atoms with Crippen molar-refractivity contribution in [1.82, 2.24) is 0 Å². The molecule has 0 unspecified atom stereocenters. The summed E-state index contributed by atoms with van der Waals surface area (Å²) in [6.07, 6.45) is 1.86. The lowest BCUT2D eigenvalue weighted by molar-refractivity contribution is 0.306. The highest BCUT2D eigenvalue weighted by atomic mass is 35.5. The van der Waals surface area contributed by atoms with Crippen LogP contribution in [-0.4, -0.2) is 12.8 Å². The van der Waals surface area contributed by atoms with Gasteiger partial charge in [-0.25, -0.2) is 0 Å². The highest BCUT2D eigenvalue weighted by Crippen LogP contribution is 2.29. The fraction of sp³-hybridized carbons (Fsp3) is 0.115. The van der Waals surface area contributed by atoms with Crippen LogP contribution in [-0.2, 0) is 6.61 Å². The molecule has 0 saturated heterocycles. The van der Waals surface area contributed by atoms with Gasteiger partial charge in [-0.1, -0.05) is 60.1 Å². The zero-order valence-electron chi connectivity index (χ0n) is 16.7. The van der Waals surface area contributed by atoms with E-state index in [1.54, 1.807) is 0 Å². The van der Waals surface area contributed by atoms with Crippen LogP contribution >= 0.6 is 11.6 Å². The molecule has 30 heavy (non-hydrogen) atoms. The minimum absolute atomic E-state index is 0.391. The first-order chi connectivity index (χ1) is 14.7. The first-order valence-electron chi connectivity index (χ1n) is 9.89. The van der Waals surface area contributed by atoms with Gasteiger partial charge in [0.25, 0.3) is 0 Å². The van der Waals surface area contributed by atoms with Crippen LogP contribution in [0.25, 0.3) is 10.8 Å². The van der Waals surface area contributed by atoms with Crippen LogP contribution in [0, 0.1) is 0 Å². The first-order valence-corrected chi connectivity index (χ1v) is 10.3. The molecule has 0 heterocycles. The van der Waals surface area contributed by atoms with Crippen LogP contribution < -0.4 is 9.47 Å². The Labute approximate surface area is 181 Å². The van der Waals surface area contributed by atoms with Crippen molar-refractivity contribution in [3.63, 3.8) is 0 Å². The van der Waals surface area contributed by atoms with Crippen LogP contribution in [0.4, 0.5) is 5.69 Å². The maximum absolute atomic E-state index is 6.29. The van der Waals surface area contributed by atoms with E-state index in [9.17, 15) is 0 Å². The van der Waals surface area contributed by atoms with Gasteiger partial charge in [-0.05, 0) is 54.1 Å². The molecule has 0 amide bonds. The minimum atomic E-state index is 0.391. The molecular weight excluding hydrogens is 394 g/mol. The number of halogens is 1. The van der Waals surface area contributed by atoms with Crippen LogP contribution in [0.15, 0.2) is 89.9 Å². The number of benzene rings is 4. The maximum Gasteiger partial charge on any atom is 0.129 e. The molecule has 4 aromatic rings. The Balaban J connectivity index is 1.65. The lowest BCUT2D eigenvalue weighted by Gasteiger charge is -2.12. The zero-order valence-corrected chi connectivity index (χ0v) is 17.5. The van der Waals surface area contributed by atoms with Gasteiger partial charge in [0.2, 0.25) is 0 Å². The quantitative estimate of drug-likeness (QED) is 0.298. The van der Waals surface area contributed by atoms with Crippen LogP contribution in [0.3, 0.4) is 0 Å². The monoisotopic (exact) mass is 415 g/mol. The number of rotatable bonds is 7. The molecule has 0 atom stereocenters. The standard InChI is InChI=1S/C26H22ClNO2/c1-2-29-22-14-12-21(13-15-22)28-17-24-23-9-5-3-7-19(23)11-16-26(24)30-18-20-8-4-6-10-25(20)27/h3-17H,2,18H2,1H3. The van der Waals surface area contributed by atoms with Crippen molar-refractivity contribution in [2.75, 3.05) is 6.61 Å². The molecule has 0 saturated carbocycles. The molecule has 3 nitrogen and oxygen atoms in total. The SMILES string of the molecule is CCOc1ccc(N=Cc2c(OCc3ccccc3Cl)ccc3ccccc23)cc1. The second-order valence-corrected chi connectivity index (χ2v) is 7.17. The third kappa shape index (κ3) is 4.64. The molecule has 0 fully saturated rings. The van der Waals surface area contributed by atoms with E-state index in [2.05, 4.69) is 23.2 Å². The molecule has 0 aliphatic rings. The second kappa shape index (κ2) is 9.47. The van der Waals surface area contributed by atoms with E-state index in [0.717, 1.165) is 39.1 Å². The van der Waals surface area contributed by atoms with Gasteiger partial charge in [-0.2, -0.15) is 0 Å². The lowest BCUT2D eigenvalue weighted by atomic mass is 10.0. The number of fused-ring (bicyclic) bond motifs is 1. The van der Waals surface area contributed by atoms with Gasteiger partial charge in [-0.3, -0.25) is 4.99 Å². The molecule has 4 aromatic carbocycles. The van der Waals surface area contributed by atoms with Crippen molar-refractivity contribution in [3.05, 3.63) is 101 Å². The van der Waals surface area contributed by atoms with Crippen molar-refractivity contribution in [3.8, 4) is 11.5 Å². The smallest absolute Gasteiger partial charge is 0.129 e. The van der Waals surface area contributed by atoms with Crippen molar-refractivity contribution in [1.29, 1.82) is 0 Å². The summed E-state index contributed by atoms with van der Waals surface area (Å²) in [5.41, 5.74) is 2.74. The largest absolute Gasteiger partial charge is 0.494 e. The van der Waals surface area contributed by atoms with Gasteiger partial charge in [0.05, 0.1) is 12.3 Å². The minimum Gasteiger partial charge on any atom is -0.494 e. The van der Waals surface area contributed by atoms with Crippen molar-refractivity contribution >= 4 is 34.3 Å². The number of hydrogen-bond donors (Lipinski definition) is 0. The molecule has 4 heteroatoms. The van der Waals surface area contributed by atoms with Crippen LogP contribution in [0.5, 0.6) is 11.5 Å². The summed E-state index contributed by atoms with van der Waals surface area (Å²) in [6.45, 7) is 3.00. The summed E-state index contributed by atoms with van der Waals surface area (Å²) >= 11 is 6.29. The van der Waals surface area contributed by atoms with E-state index in [-0.39, 0.29) is 0 Å². The Morgan fingerprint density at radius 2 is 1.60 bits per heavy atom. The average Bonchev–Trinajstić information content (AvgIpc) is 2.78. The van der Waals surface area contributed by atoms with Gasteiger partial charge in [0.1, 0.15) is 18.1 Å². The molecule has 0 spiro atoms. The Kier molecular flexibility index (Phi) is 6.31. The van der Waals surface area contributed by atoms with Gasteiger partial charge in [0.15, 0.2) is 0 Å². The predicted octanol–water partition coefficient (Wildman–Crippen LogP) is 7.22. The molecule has 0 N–H and O–H groups in total. The second-order valence-electron chi connectivity index (χ2n) is 6.76. The number of nitrogens with zero attached hydrogens (tertiary/aromatic N) is 1. The Morgan fingerprint density at radius 1 is 0.833 bits per heavy atom. The van der Waals surface area contributed by atoms with Gasteiger partial charge < -0.3 is 9.47 Å². The van der Waals surface area contributed by atoms with E-state index in [0.29, 0.717) is 18.2 Å². The normalized spacial score (nSPS) is 11.1. The van der Waals surface area contributed by atoms with E-state index in [1.807, 2.05) is 79.9 Å². The molecule has 4 rings (SSSR count). The molecule has 0 aliphatic carbocycles. The maximum atomic E-state index is 6.29. The first kappa shape index (κ1) is 20.0. The third-order valence-electron chi connectivity index (χ3n) is 4.76. The molecule has 0 aromatic heterocycles. The Hall–Kier alpha value is -3.30. The number of aliphatic imine (C=N–C) groups is 1. The lowest BCUT2D eigenvalue weighted by Crippen LogP contribution is -1.99. The highest BCUT2D eigenvalue weighted by Gasteiger charge is 2.09. The third-order valence-corrected chi connectivity index (χ3v) is 5.13. The van der Waals surface area contributed by atoms with E-state index in [1.165, 1.54) is 0 Å². The molecule has 0 radical (unpaired) electrons. The Morgan fingerprint density at radius 3 is 2.40 bits per heavy atom. The summed E-state index contributed by atoms with van der Waals surface area (Å²) in [7, 11) is 0. The fourth-order valence-corrected chi connectivity index (χ4v) is 3.43. The molecule has 150 valence electrons. The average molecular weight is 416 g/mol. The fourth-order valence-electron chi connectivity index (χ4n) is 3.24. The van der Waals surface area contributed by atoms with Gasteiger partial charge >= 0.3 is 0 Å². The summed E-state index contributed by atoms with van der Waals surface area (Å²) in [4.78, 5) is 4.67. The van der Waals surface area contributed by atoms with E-state index in [4.69, 9.17) is 21.1 Å². The number of ether oxygens (including phenoxy) is 2.